The zero-order valence-corrected chi connectivity index (χ0v) is 9.76. The van der Waals surface area contributed by atoms with Gasteiger partial charge >= 0.3 is 5.97 Å². The second-order valence-electron chi connectivity index (χ2n) is 3.56. The van der Waals surface area contributed by atoms with Crippen LogP contribution in [0.2, 0.25) is 0 Å². The molecular formula is C10H11N3O3S. The first-order valence-electron chi connectivity index (χ1n) is 5.08. The van der Waals surface area contributed by atoms with Crippen molar-refractivity contribution in [1.29, 1.82) is 0 Å². The molecule has 1 N–H and O–H groups in total. The van der Waals surface area contributed by atoms with Gasteiger partial charge in [-0.05, 0) is 6.07 Å². The molecule has 1 amide bonds. The molecule has 0 aromatic carbocycles. The molecule has 2 rings (SSSR count). The zero-order chi connectivity index (χ0) is 12.3. The van der Waals surface area contributed by atoms with Crippen LogP contribution in [0.25, 0.3) is 0 Å². The first-order valence-corrected chi connectivity index (χ1v) is 6.24. The molecule has 1 aliphatic rings. The number of rotatable bonds is 2. The van der Waals surface area contributed by atoms with Gasteiger partial charge < -0.3 is 10.0 Å². The van der Waals surface area contributed by atoms with Crippen molar-refractivity contribution in [1.82, 2.24) is 15.1 Å². The Morgan fingerprint density at radius 3 is 2.94 bits per heavy atom. The lowest BCUT2D eigenvalue weighted by Gasteiger charge is -2.32. The van der Waals surface area contributed by atoms with Crippen molar-refractivity contribution in [2.24, 2.45) is 0 Å². The number of carboxylic acids is 1. The number of nitrogens with zero attached hydrogens (tertiary/aromatic N) is 3. The molecule has 2 heterocycles. The van der Waals surface area contributed by atoms with Gasteiger partial charge in [-0.15, -0.1) is 0 Å². The largest absolute Gasteiger partial charge is 0.480 e. The topological polar surface area (TPSA) is 83.4 Å². The van der Waals surface area contributed by atoms with Gasteiger partial charge in [-0.25, -0.2) is 4.79 Å². The maximum Gasteiger partial charge on any atom is 0.327 e. The number of aliphatic carboxylic acids is 1. The maximum atomic E-state index is 12.1. The number of amides is 1. The van der Waals surface area contributed by atoms with Crippen LogP contribution >= 0.6 is 11.8 Å². The molecule has 17 heavy (non-hydrogen) atoms. The van der Waals surface area contributed by atoms with E-state index < -0.39 is 12.0 Å². The lowest BCUT2D eigenvalue weighted by Crippen LogP contribution is -2.50. The van der Waals surface area contributed by atoms with Gasteiger partial charge in [0, 0.05) is 18.1 Å². The van der Waals surface area contributed by atoms with E-state index in [9.17, 15) is 9.59 Å². The van der Waals surface area contributed by atoms with E-state index in [0.717, 1.165) is 5.75 Å². The average Bonchev–Trinajstić information content (AvgIpc) is 2.39. The quantitative estimate of drug-likeness (QED) is 0.806. The minimum Gasteiger partial charge on any atom is -0.480 e. The number of hydrogen-bond donors (Lipinski definition) is 1. The third-order valence-electron chi connectivity index (χ3n) is 2.51. The molecular weight excluding hydrogens is 242 g/mol. The van der Waals surface area contributed by atoms with Crippen molar-refractivity contribution >= 4 is 23.6 Å². The fraction of sp³-hybridized carbons (Fsp3) is 0.400. The molecule has 6 nitrogen and oxygen atoms in total. The van der Waals surface area contributed by atoms with Gasteiger partial charge in [0.05, 0.1) is 18.0 Å². The lowest BCUT2D eigenvalue weighted by atomic mass is 10.2. The van der Waals surface area contributed by atoms with E-state index in [2.05, 4.69) is 10.2 Å². The minimum absolute atomic E-state index is 0.299. The van der Waals surface area contributed by atoms with Crippen LogP contribution in [0.5, 0.6) is 0 Å². The summed E-state index contributed by atoms with van der Waals surface area (Å²) in [5.41, 5.74) is 0.373. The molecule has 0 radical (unpaired) electrons. The van der Waals surface area contributed by atoms with E-state index in [4.69, 9.17) is 5.11 Å². The fourth-order valence-corrected chi connectivity index (χ4v) is 2.67. The van der Waals surface area contributed by atoms with Crippen LogP contribution < -0.4 is 0 Å². The molecule has 1 atom stereocenters. The molecule has 1 aliphatic heterocycles. The summed E-state index contributed by atoms with van der Waals surface area (Å²) in [5.74, 6) is -0.0756. The van der Waals surface area contributed by atoms with Crippen LogP contribution in [0.1, 0.15) is 10.4 Å². The summed E-state index contributed by atoms with van der Waals surface area (Å²) in [4.78, 5) is 24.6. The Kier molecular flexibility index (Phi) is 3.58. The number of carbonyl (C=O) groups excluding carboxylic acids is 1. The lowest BCUT2D eigenvalue weighted by molar-refractivity contribution is -0.141. The average molecular weight is 253 g/mol. The molecule has 1 aromatic heterocycles. The summed E-state index contributed by atoms with van der Waals surface area (Å²) in [6.07, 6.45) is 2.77. The molecule has 1 saturated heterocycles. The van der Waals surface area contributed by atoms with Gasteiger partial charge in [0.1, 0.15) is 6.04 Å². The highest BCUT2D eigenvalue weighted by molar-refractivity contribution is 7.99. The van der Waals surface area contributed by atoms with Crippen LogP contribution in [0, 0.1) is 0 Å². The summed E-state index contributed by atoms with van der Waals surface area (Å²) in [6.45, 7) is 0.447. The van der Waals surface area contributed by atoms with Gasteiger partial charge in [0.25, 0.3) is 5.91 Å². The highest BCUT2D eigenvalue weighted by Gasteiger charge is 2.32. The van der Waals surface area contributed by atoms with Crippen LogP contribution in [0.4, 0.5) is 0 Å². The van der Waals surface area contributed by atoms with Crippen molar-refractivity contribution in [3.63, 3.8) is 0 Å². The predicted molar refractivity (Wildman–Crippen MR) is 61.8 cm³/mol. The summed E-state index contributed by atoms with van der Waals surface area (Å²) in [7, 11) is 0. The summed E-state index contributed by atoms with van der Waals surface area (Å²) < 4.78 is 0. The number of hydrogen-bond acceptors (Lipinski definition) is 5. The van der Waals surface area contributed by atoms with Gasteiger partial charge in [-0.1, -0.05) is 0 Å². The number of carbonyl (C=O) groups is 2. The summed E-state index contributed by atoms with van der Waals surface area (Å²) in [5, 5.41) is 16.3. The Morgan fingerprint density at radius 1 is 1.47 bits per heavy atom. The molecule has 1 unspecified atom stereocenters. The van der Waals surface area contributed by atoms with E-state index in [0.29, 0.717) is 17.9 Å². The molecule has 90 valence electrons. The molecule has 1 aromatic rings. The van der Waals surface area contributed by atoms with Crippen LogP contribution in [-0.2, 0) is 4.79 Å². The van der Waals surface area contributed by atoms with E-state index in [1.807, 2.05) is 0 Å². The smallest absolute Gasteiger partial charge is 0.327 e. The van der Waals surface area contributed by atoms with E-state index >= 15 is 0 Å². The summed E-state index contributed by atoms with van der Waals surface area (Å²) >= 11 is 1.54. The Labute approximate surface area is 102 Å². The summed E-state index contributed by atoms with van der Waals surface area (Å²) in [6, 6.07) is 0.783. The molecule has 1 fully saturated rings. The SMILES string of the molecule is O=C(O)C1CSCCN1C(=O)c1ccnnc1. The van der Waals surface area contributed by atoms with Crippen molar-refractivity contribution < 1.29 is 14.7 Å². The normalized spacial score (nSPS) is 20.0. The standard InChI is InChI=1S/C10H11N3O3S/c14-9(7-1-2-11-12-5-7)13-3-4-17-6-8(13)10(15)16/h1-2,5,8H,3-4,6H2,(H,15,16). The van der Waals surface area contributed by atoms with Crippen LogP contribution in [0.3, 0.4) is 0 Å². The first kappa shape index (κ1) is 11.8. The fourth-order valence-electron chi connectivity index (χ4n) is 1.63. The number of aromatic nitrogens is 2. The Bertz CT molecular complexity index is 426. The van der Waals surface area contributed by atoms with Gasteiger partial charge in [-0.3, -0.25) is 4.79 Å². The third kappa shape index (κ3) is 2.55. The second-order valence-corrected chi connectivity index (χ2v) is 4.71. The van der Waals surface area contributed by atoms with Gasteiger partial charge in [0.15, 0.2) is 0 Å². The predicted octanol–water partition coefficient (Wildman–Crippen LogP) is 0.119. The number of thioether (sulfide) groups is 1. The van der Waals surface area contributed by atoms with Crippen molar-refractivity contribution in [3.8, 4) is 0 Å². The highest BCUT2D eigenvalue weighted by Crippen LogP contribution is 2.18. The van der Waals surface area contributed by atoms with Crippen LogP contribution in [0.15, 0.2) is 18.5 Å². The van der Waals surface area contributed by atoms with Crippen molar-refractivity contribution in [2.45, 2.75) is 6.04 Å². The Morgan fingerprint density at radius 2 is 2.29 bits per heavy atom. The van der Waals surface area contributed by atoms with Gasteiger partial charge in [0.2, 0.25) is 0 Å². The molecule has 0 aliphatic carbocycles. The third-order valence-corrected chi connectivity index (χ3v) is 3.53. The van der Waals surface area contributed by atoms with Gasteiger partial charge in [-0.2, -0.15) is 22.0 Å². The second kappa shape index (κ2) is 5.13. The van der Waals surface area contributed by atoms with E-state index in [-0.39, 0.29) is 5.91 Å². The Balaban J connectivity index is 2.20. The highest BCUT2D eigenvalue weighted by atomic mass is 32.2. The van der Waals surface area contributed by atoms with E-state index in [1.54, 1.807) is 11.8 Å². The van der Waals surface area contributed by atoms with Crippen molar-refractivity contribution in [2.75, 3.05) is 18.1 Å². The number of carboxylic acid groups (broad SMARTS) is 1. The molecule has 7 heteroatoms. The molecule has 0 spiro atoms. The molecule has 0 bridgehead atoms. The van der Waals surface area contributed by atoms with Crippen molar-refractivity contribution in [3.05, 3.63) is 24.0 Å². The first-order chi connectivity index (χ1) is 8.20. The monoisotopic (exact) mass is 253 g/mol. The van der Waals surface area contributed by atoms with E-state index in [1.165, 1.54) is 23.4 Å². The maximum absolute atomic E-state index is 12.1. The zero-order valence-electron chi connectivity index (χ0n) is 8.94. The minimum atomic E-state index is -0.965. The Hall–Kier alpha value is -1.63. The molecule has 0 saturated carbocycles. The van der Waals surface area contributed by atoms with Crippen LogP contribution in [-0.4, -0.2) is 56.2 Å².